The van der Waals surface area contributed by atoms with E-state index >= 15 is 0 Å². The van der Waals surface area contributed by atoms with Crippen molar-refractivity contribution in [3.63, 3.8) is 0 Å². The summed E-state index contributed by atoms with van der Waals surface area (Å²) in [6.07, 6.45) is 1.79. The maximum atomic E-state index is 14.7. The van der Waals surface area contributed by atoms with Gasteiger partial charge in [-0.2, -0.15) is 0 Å². The van der Waals surface area contributed by atoms with Gasteiger partial charge in [0.2, 0.25) is 5.29 Å². The summed E-state index contributed by atoms with van der Waals surface area (Å²) < 4.78 is 55.8. The molecular weight excluding hydrogens is 289 g/mol. The summed E-state index contributed by atoms with van der Waals surface area (Å²) >= 11 is 0. The first-order valence-corrected chi connectivity index (χ1v) is 8.79. The molecule has 0 bridgehead atoms. The van der Waals surface area contributed by atoms with Gasteiger partial charge in [-0.05, 0) is 6.42 Å². The quantitative estimate of drug-likeness (QED) is 0.400. The fraction of sp³-hybridized carbons (Fsp3) is 1.00. The molecule has 0 aliphatic rings. The Kier molecular flexibility index (Phi) is 9.70. The zero-order valence-corrected chi connectivity index (χ0v) is 13.9. The highest BCUT2D eigenvalue weighted by atomic mass is 28.4. The van der Waals surface area contributed by atoms with Crippen molar-refractivity contribution >= 4 is 8.80 Å². The Hall–Kier alpha value is -0.113. The minimum absolute atomic E-state index is 0.307. The van der Waals surface area contributed by atoms with Gasteiger partial charge < -0.3 is 13.3 Å². The SMILES string of the molecule is CCCCCCCCC(F)(C(F)F)[Si](OC)(OC)OC. The third-order valence-corrected chi connectivity index (χ3v) is 6.65. The maximum Gasteiger partial charge on any atom is 0.545 e. The van der Waals surface area contributed by atoms with E-state index in [-0.39, 0.29) is 6.42 Å². The monoisotopic (exact) mass is 316 g/mol. The van der Waals surface area contributed by atoms with Crippen LogP contribution in [-0.4, -0.2) is 41.9 Å². The van der Waals surface area contributed by atoms with Gasteiger partial charge in [0.05, 0.1) is 0 Å². The Balaban J connectivity index is 4.60. The summed E-state index contributed by atoms with van der Waals surface area (Å²) in [5, 5.41) is -2.85. The molecule has 20 heavy (non-hydrogen) atoms. The molecule has 3 nitrogen and oxygen atoms in total. The van der Waals surface area contributed by atoms with Gasteiger partial charge in [-0.3, -0.25) is 0 Å². The second-order valence-corrected chi connectivity index (χ2v) is 8.02. The van der Waals surface area contributed by atoms with E-state index in [1.807, 2.05) is 0 Å². The van der Waals surface area contributed by atoms with E-state index in [0.29, 0.717) is 6.42 Å². The van der Waals surface area contributed by atoms with Crippen molar-refractivity contribution in [1.82, 2.24) is 0 Å². The lowest BCUT2D eigenvalue weighted by Gasteiger charge is -2.37. The number of hydrogen-bond donors (Lipinski definition) is 0. The van der Waals surface area contributed by atoms with Crippen molar-refractivity contribution in [2.75, 3.05) is 21.3 Å². The molecule has 122 valence electrons. The van der Waals surface area contributed by atoms with E-state index in [1.165, 1.54) is 0 Å². The van der Waals surface area contributed by atoms with Crippen molar-refractivity contribution in [3.05, 3.63) is 0 Å². The summed E-state index contributed by atoms with van der Waals surface area (Å²) in [5.74, 6) is 0. The number of unbranched alkanes of at least 4 members (excludes halogenated alkanes) is 5. The van der Waals surface area contributed by atoms with Gasteiger partial charge in [0.15, 0.2) is 0 Å². The van der Waals surface area contributed by atoms with Crippen molar-refractivity contribution in [2.24, 2.45) is 0 Å². The van der Waals surface area contributed by atoms with Crippen LogP contribution in [0.15, 0.2) is 0 Å². The molecule has 0 rings (SSSR count). The van der Waals surface area contributed by atoms with Gasteiger partial charge in [-0.25, -0.2) is 13.2 Å². The van der Waals surface area contributed by atoms with Crippen LogP contribution in [-0.2, 0) is 13.3 Å². The van der Waals surface area contributed by atoms with Gasteiger partial charge in [-0.1, -0.05) is 45.4 Å². The lowest BCUT2D eigenvalue weighted by atomic mass is 10.1. The molecule has 0 aromatic rings. The van der Waals surface area contributed by atoms with Crippen LogP contribution in [0.2, 0.25) is 0 Å². The van der Waals surface area contributed by atoms with Crippen LogP contribution < -0.4 is 0 Å². The van der Waals surface area contributed by atoms with E-state index in [9.17, 15) is 13.2 Å². The van der Waals surface area contributed by atoms with Crippen molar-refractivity contribution in [3.8, 4) is 0 Å². The zero-order chi connectivity index (χ0) is 15.6. The minimum Gasteiger partial charge on any atom is -0.375 e. The summed E-state index contributed by atoms with van der Waals surface area (Å²) in [7, 11) is -0.576. The molecule has 0 N–H and O–H groups in total. The van der Waals surface area contributed by atoms with Crippen LogP contribution >= 0.6 is 0 Å². The number of halogens is 3. The fourth-order valence-electron chi connectivity index (χ4n) is 2.32. The summed E-state index contributed by atoms with van der Waals surface area (Å²) in [6.45, 7) is 2.10. The number of alkyl halides is 3. The first-order valence-electron chi connectivity index (χ1n) is 7.06. The topological polar surface area (TPSA) is 27.7 Å². The predicted octanol–water partition coefficient (Wildman–Crippen LogP) is 4.13. The van der Waals surface area contributed by atoms with Crippen molar-refractivity contribution < 1.29 is 26.4 Å². The summed E-state index contributed by atoms with van der Waals surface area (Å²) in [4.78, 5) is 0. The molecule has 0 aromatic heterocycles. The standard InChI is InChI=1S/C13H27F3O3Si/c1-5-6-7-8-9-10-11-13(16,12(14)15)20(17-2,18-3)19-4/h12H,5-11H2,1-4H3. The summed E-state index contributed by atoms with van der Waals surface area (Å²) in [6, 6.07) is 0. The second-order valence-electron chi connectivity index (χ2n) is 4.85. The highest BCUT2D eigenvalue weighted by Gasteiger charge is 2.66. The zero-order valence-electron chi connectivity index (χ0n) is 12.9. The lowest BCUT2D eigenvalue weighted by molar-refractivity contribution is -0.0534. The van der Waals surface area contributed by atoms with Crippen LogP contribution in [0.5, 0.6) is 0 Å². The van der Waals surface area contributed by atoms with E-state index < -0.39 is 20.5 Å². The Morgan fingerprint density at radius 1 is 0.900 bits per heavy atom. The maximum absolute atomic E-state index is 14.7. The van der Waals surface area contributed by atoms with Crippen LogP contribution in [0.3, 0.4) is 0 Å². The van der Waals surface area contributed by atoms with E-state index in [4.69, 9.17) is 13.3 Å². The number of hydrogen-bond acceptors (Lipinski definition) is 3. The third kappa shape index (κ3) is 4.72. The first-order chi connectivity index (χ1) is 9.44. The smallest absolute Gasteiger partial charge is 0.375 e. The van der Waals surface area contributed by atoms with Crippen LogP contribution in [0.4, 0.5) is 13.2 Å². The van der Waals surface area contributed by atoms with Crippen LogP contribution in [0, 0.1) is 0 Å². The Bertz CT molecular complexity index is 245. The van der Waals surface area contributed by atoms with E-state index in [2.05, 4.69) is 6.92 Å². The average molecular weight is 316 g/mol. The van der Waals surface area contributed by atoms with Crippen LogP contribution in [0.1, 0.15) is 51.9 Å². The third-order valence-electron chi connectivity index (χ3n) is 3.56. The molecular formula is C13H27F3O3Si. The van der Waals surface area contributed by atoms with Gasteiger partial charge in [0.25, 0.3) is 6.43 Å². The van der Waals surface area contributed by atoms with Crippen LogP contribution in [0.25, 0.3) is 0 Å². The summed E-state index contributed by atoms with van der Waals surface area (Å²) in [5.41, 5.74) is 0. The van der Waals surface area contributed by atoms with E-state index in [1.54, 1.807) is 0 Å². The minimum atomic E-state index is -4.03. The Labute approximate surface area is 121 Å². The molecule has 0 radical (unpaired) electrons. The first kappa shape index (κ1) is 19.9. The molecule has 0 spiro atoms. The van der Waals surface area contributed by atoms with Gasteiger partial charge in [-0.15, -0.1) is 0 Å². The predicted molar refractivity (Wildman–Crippen MR) is 74.6 cm³/mol. The van der Waals surface area contributed by atoms with Crippen molar-refractivity contribution in [1.29, 1.82) is 0 Å². The second kappa shape index (κ2) is 9.76. The molecule has 1 unspecified atom stereocenters. The molecule has 0 aromatic carbocycles. The molecule has 0 fully saturated rings. The molecule has 0 amide bonds. The lowest BCUT2D eigenvalue weighted by Crippen LogP contribution is -2.64. The molecule has 0 aliphatic carbocycles. The van der Waals surface area contributed by atoms with Gasteiger partial charge >= 0.3 is 8.80 Å². The molecule has 0 heterocycles. The van der Waals surface area contributed by atoms with E-state index in [0.717, 1.165) is 53.4 Å². The molecule has 0 saturated heterocycles. The molecule has 7 heteroatoms. The molecule has 1 atom stereocenters. The Morgan fingerprint density at radius 3 is 1.75 bits per heavy atom. The van der Waals surface area contributed by atoms with Crippen molar-refractivity contribution in [2.45, 2.75) is 63.6 Å². The highest BCUT2D eigenvalue weighted by Crippen LogP contribution is 2.38. The normalized spacial score (nSPS) is 15.6. The molecule has 0 saturated carbocycles. The Morgan fingerprint density at radius 2 is 1.35 bits per heavy atom. The largest absolute Gasteiger partial charge is 0.545 e. The highest BCUT2D eigenvalue weighted by molar-refractivity contribution is 6.64. The average Bonchev–Trinajstić information content (AvgIpc) is 2.45. The van der Waals surface area contributed by atoms with Gasteiger partial charge in [0.1, 0.15) is 0 Å². The molecule has 0 aliphatic heterocycles. The van der Waals surface area contributed by atoms with Gasteiger partial charge in [0, 0.05) is 21.3 Å². The number of rotatable bonds is 12. The fourth-order valence-corrected chi connectivity index (χ4v) is 4.59.